The second-order valence-corrected chi connectivity index (χ2v) is 8.48. The Hall–Kier alpha value is -2.45. The van der Waals surface area contributed by atoms with Gasteiger partial charge in [-0.15, -0.1) is 11.3 Å². The number of anilines is 2. The van der Waals surface area contributed by atoms with E-state index in [0.717, 1.165) is 50.4 Å². The number of amides is 1. The average molecular weight is 417 g/mol. The lowest BCUT2D eigenvalue weighted by Crippen LogP contribution is -3.15. The number of nitrogens with one attached hydrogen (secondary N) is 3. The fourth-order valence-corrected chi connectivity index (χ4v) is 4.84. The molecule has 8 heteroatoms. The Labute approximate surface area is 174 Å². The fraction of sp³-hybridized carbons (Fsp3) is 0.476. The normalized spacial score (nSPS) is 17.2. The molecule has 0 unspecified atom stereocenters. The van der Waals surface area contributed by atoms with Gasteiger partial charge >= 0.3 is 5.97 Å². The summed E-state index contributed by atoms with van der Waals surface area (Å²) in [4.78, 5) is 31.9. The van der Waals surface area contributed by atoms with E-state index in [0.29, 0.717) is 29.6 Å². The van der Waals surface area contributed by atoms with Crippen LogP contribution in [0.3, 0.4) is 0 Å². The third kappa shape index (κ3) is 4.76. The molecular weight excluding hydrogens is 388 g/mol. The Morgan fingerprint density at radius 2 is 2.10 bits per heavy atom. The third-order valence-corrected chi connectivity index (χ3v) is 6.40. The summed E-state index contributed by atoms with van der Waals surface area (Å²) in [5.74, 6) is 1.17. The minimum absolute atomic E-state index is 0.0468. The number of carbonyl (C=O) groups excluding carboxylic acids is 2. The van der Waals surface area contributed by atoms with E-state index >= 15 is 0 Å². The zero-order chi connectivity index (χ0) is 20.2. The Balaban J connectivity index is 1.34. The first-order valence-corrected chi connectivity index (χ1v) is 11.2. The first-order chi connectivity index (χ1) is 14.2. The molecule has 2 aromatic rings. The number of aromatic amines is 1. The number of quaternary nitrogens is 1. The maximum absolute atomic E-state index is 12.7. The van der Waals surface area contributed by atoms with Crippen molar-refractivity contribution >= 4 is 34.0 Å². The number of rotatable bonds is 7. The summed E-state index contributed by atoms with van der Waals surface area (Å²) in [5.41, 5.74) is 1.59. The molecule has 29 heavy (non-hydrogen) atoms. The number of H-pyrrole nitrogens is 1. The number of hydrogen-bond acceptors (Lipinski definition) is 5. The van der Waals surface area contributed by atoms with Crippen molar-refractivity contribution in [3.63, 3.8) is 0 Å². The van der Waals surface area contributed by atoms with Crippen LogP contribution in [0.25, 0.3) is 0 Å². The number of hydrogen-bond donors (Lipinski definition) is 2. The van der Waals surface area contributed by atoms with Crippen molar-refractivity contribution in [2.75, 3.05) is 49.5 Å². The van der Waals surface area contributed by atoms with Gasteiger partial charge in [0.25, 0.3) is 11.7 Å². The van der Waals surface area contributed by atoms with Crippen molar-refractivity contribution in [1.82, 2.24) is 0 Å². The molecule has 0 radical (unpaired) electrons. The summed E-state index contributed by atoms with van der Waals surface area (Å²) in [6.07, 6.45) is 4.13. The fourth-order valence-electron chi connectivity index (χ4n) is 3.79. The van der Waals surface area contributed by atoms with Crippen LogP contribution < -0.4 is 20.1 Å². The van der Waals surface area contributed by atoms with E-state index in [1.807, 2.05) is 23.7 Å². The lowest BCUT2D eigenvalue weighted by atomic mass is 10.1. The number of piperazine rings is 1. The van der Waals surface area contributed by atoms with Gasteiger partial charge in [-0.3, -0.25) is 9.69 Å². The Bertz CT molecular complexity index is 858. The topological polar surface area (TPSA) is 77.2 Å². The van der Waals surface area contributed by atoms with Crippen molar-refractivity contribution in [2.24, 2.45) is 0 Å². The molecule has 0 spiro atoms. The number of esters is 1. The molecule has 1 saturated heterocycles. The van der Waals surface area contributed by atoms with E-state index in [-0.39, 0.29) is 11.9 Å². The molecule has 1 aliphatic heterocycles. The Morgan fingerprint density at radius 1 is 1.31 bits per heavy atom. The van der Waals surface area contributed by atoms with Crippen molar-refractivity contribution in [1.29, 1.82) is 0 Å². The predicted molar refractivity (Wildman–Crippen MR) is 112 cm³/mol. The second kappa shape index (κ2) is 8.92. The van der Waals surface area contributed by atoms with Crippen molar-refractivity contribution in [3.05, 3.63) is 40.9 Å². The van der Waals surface area contributed by atoms with Gasteiger partial charge in [-0.1, -0.05) is 6.07 Å². The van der Waals surface area contributed by atoms with Crippen LogP contribution in [0, 0.1) is 0 Å². The van der Waals surface area contributed by atoms with Crippen LogP contribution in [-0.2, 0) is 9.53 Å². The van der Waals surface area contributed by atoms with Gasteiger partial charge < -0.3 is 15.0 Å². The molecule has 1 saturated carbocycles. The smallest absolute Gasteiger partial charge is 0.341 e. The van der Waals surface area contributed by atoms with E-state index in [1.54, 1.807) is 6.92 Å². The van der Waals surface area contributed by atoms with Gasteiger partial charge in [0.15, 0.2) is 6.54 Å². The maximum atomic E-state index is 12.7. The van der Waals surface area contributed by atoms with Crippen LogP contribution in [0.15, 0.2) is 29.8 Å². The molecule has 0 atom stereocenters. The third-order valence-electron chi connectivity index (χ3n) is 5.48. The van der Waals surface area contributed by atoms with Crippen LogP contribution >= 0.6 is 11.3 Å². The number of nitrogens with zero attached hydrogens (tertiary/aromatic N) is 1. The van der Waals surface area contributed by atoms with Crippen LogP contribution in [0.4, 0.5) is 10.8 Å². The molecule has 3 heterocycles. The number of carbonyl (C=O) groups is 2. The molecule has 1 aliphatic carbocycles. The van der Waals surface area contributed by atoms with Crippen LogP contribution in [0.5, 0.6) is 0 Å². The van der Waals surface area contributed by atoms with Gasteiger partial charge in [-0.2, -0.15) is 0 Å². The molecule has 1 amide bonds. The van der Waals surface area contributed by atoms with Crippen LogP contribution in [0.2, 0.25) is 0 Å². The van der Waals surface area contributed by atoms with Gasteiger partial charge in [0, 0.05) is 6.07 Å². The second-order valence-electron chi connectivity index (χ2n) is 7.60. The van der Waals surface area contributed by atoms with Crippen molar-refractivity contribution < 1.29 is 24.2 Å². The van der Waals surface area contributed by atoms with E-state index in [9.17, 15) is 9.59 Å². The molecule has 4 rings (SSSR count). The molecule has 2 aliphatic rings. The minimum Gasteiger partial charge on any atom is -0.462 e. The maximum Gasteiger partial charge on any atom is 0.341 e. The summed E-state index contributed by atoms with van der Waals surface area (Å²) in [5, 5.41) is 5.61. The van der Waals surface area contributed by atoms with Crippen LogP contribution in [-0.4, -0.2) is 51.2 Å². The Kier molecular flexibility index (Phi) is 6.10. The quantitative estimate of drug-likeness (QED) is 0.659. The van der Waals surface area contributed by atoms with E-state index in [2.05, 4.69) is 21.3 Å². The number of pyridine rings is 1. The highest BCUT2D eigenvalue weighted by Gasteiger charge is 2.33. The average Bonchev–Trinajstić information content (AvgIpc) is 3.50. The van der Waals surface area contributed by atoms with Crippen molar-refractivity contribution in [2.45, 2.75) is 25.7 Å². The molecule has 7 nitrogen and oxygen atoms in total. The molecule has 2 fully saturated rings. The summed E-state index contributed by atoms with van der Waals surface area (Å²) in [7, 11) is 0. The monoisotopic (exact) mass is 416 g/mol. The van der Waals surface area contributed by atoms with Gasteiger partial charge in [-0.25, -0.2) is 9.78 Å². The summed E-state index contributed by atoms with van der Waals surface area (Å²) >= 11 is 1.43. The first kappa shape index (κ1) is 19.8. The highest BCUT2D eigenvalue weighted by atomic mass is 32.1. The summed E-state index contributed by atoms with van der Waals surface area (Å²) in [6, 6.07) is 6.07. The highest BCUT2D eigenvalue weighted by Crippen LogP contribution is 2.46. The standard InChI is InChI=1S/C21H26N4O3S/c1-2-28-21(27)19-16(15-6-7-15)14-29-20(19)23-18(26)13-24-9-11-25(12-10-24)17-5-3-4-8-22-17/h3-5,8,14-15H,2,6-7,9-13H2,1H3,(H,23,26)/p+2. The zero-order valence-corrected chi connectivity index (χ0v) is 17.5. The summed E-state index contributed by atoms with van der Waals surface area (Å²) in [6.45, 7) is 6.15. The molecule has 3 N–H and O–H groups in total. The zero-order valence-electron chi connectivity index (χ0n) is 16.7. The predicted octanol–water partition coefficient (Wildman–Crippen LogP) is 0.960. The Morgan fingerprint density at radius 3 is 2.76 bits per heavy atom. The number of thiophene rings is 1. The molecule has 154 valence electrons. The minimum atomic E-state index is -0.328. The summed E-state index contributed by atoms with van der Waals surface area (Å²) < 4.78 is 5.23. The number of aromatic nitrogens is 1. The van der Waals surface area contributed by atoms with Crippen LogP contribution in [0.1, 0.15) is 41.6 Å². The van der Waals surface area contributed by atoms with E-state index in [4.69, 9.17) is 4.74 Å². The van der Waals surface area contributed by atoms with Gasteiger partial charge in [0.1, 0.15) is 31.2 Å². The molecule has 2 aromatic heterocycles. The van der Waals surface area contributed by atoms with Gasteiger partial charge in [-0.05, 0) is 42.7 Å². The SMILES string of the molecule is CCOC(=O)c1c(C2CC2)csc1NC(=O)C[NH+]1CCN(c2cccc[nH+]2)CC1. The molecule has 0 aromatic carbocycles. The van der Waals surface area contributed by atoms with E-state index < -0.39 is 0 Å². The first-order valence-electron chi connectivity index (χ1n) is 10.3. The molecular formula is C21H28N4O3S+2. The highest BCUT2D eigenvalue weighted by molar-refractivity contribution is 7.15. The lowest BCUT2D eigenvalue weighted by Gasteiger charge is -2.27. The van der Waals surface area contributed by atoms with Gasteiger partial charge in [0.05, 0.1) is 18.4 Å². The number of ether oxygens (including phenoxy) is 1. The lowest BCUT2D eigenvalue weighted by molar-refractivity contribution is -0.892. The molecule has 0 bridgehead atoms. The van der Waals surface area contributed by atoms with E-state index in [1.165, 1.54) is 16.2 Å². The van der Waals surface area contributed by atoms with Crippen molar-refractivity contribution in [3.8, 4) is 0 Å². The largest absolute Gasteiger partial charge is 0.462 e. The van der Waals surface area contributed by atoms with Gasteiger partial charge in [0.2, 0.25) is 0 Å².